The van der Waals surface area contributed by atoms with Crippen molar-refractivity contribution < 1.29 is 9.53 Å². The maximum Gasteiger partial charge on any atom is 0.255 e. The summed E-state index contributed by atoms with van der Waals surface area (Å²) in [7, 11) is 0. The van der Waals surface area contributed by atoms with E-state index in [4.69, 9.17) is 4.74 Å². The minimum Gasteiger partial charge on any atom is -0.438 e. The van der Waals surface area contributed by atoms with E-state index in [-0.39, 0.29) is 12.1 Å². The zero-order chi connectivity index (χ0) is 16.4. The van der Waals surface area contributed by atoms with Gasteiger partial charge in [0.15, 0.2) is 0 Å². The van der Waals surface area contributed by atoms with E-state index in [0.29, 0.717) is 17.2 Å². The molecule has 6 heteroatoms. The van der Waals surface area contributed by atoms with E-state index in [1.54, 1.807) is 24.7 Å². The van der Waals surface area contributed by atoms with Crippen LogP contribution in [0.4, 0.5) is 5.69 Å². The van der Waals surface area contributed by atoms with Crippen molar-refractivity contribution in [1.29, 1.82) is 0 Å². The highest BCUT2D eigenvalue weighted by Crippen LogP contribution is 2.27. The smallest absolute Gasteiger partial charge is 0.255 e. The number of carbonyl (C=O) groups is 1. The van der Waals surface area contributed by atoms with Crippen molar-refractivity contribution in [2.24, 2.45) is 0 Å². The average molecular weight is 318 g/mol. The molecule has 0 fully saturated rings. The number of hydrogen-bond acceptors (Lipinski definition) is 5. The van der Waals surface area contributed by atoms with Gasteiger partial charge in [-0.1, -0.05) is 24.3 Å². The molecule has 24 heavy (non-hydrogen) atoms. The van der Waals surface area contributed by atoms with Crippen molar-refractivity contribution in [3.05, 3.63) is 78.2 Å². The number of nitrogens with one attached hydrogen (secondary N) is 2. The molecule has 0 saturated heterocycles. The van der Waals surface area contributed by atoms with Gasteiger partial charge in [-0.15, -0.1) is 0 Å². The molecule has 2 aromatic carbocycles. The van der Waals surface area contributed by atoms with Gasteiger partial charge in [-0.05, 0) is 29.8 Å². The molecule has 1 aliphatic heterocycles. The van der Waals surface area contributed by atoms with Crippen LogP contribution in [0, 0.1) is 0 Å². The maximum absolute atomic E-state index is 12.2. The molecular formula is C18H14N4O2. The number of carbonyl (C=O) groups excluding carboxylic acids is 1. The summed E-state index contributed by atoms with van der Waals surface area (Å²) in [5, 5.41) is 6.26. The first-order valence-electron chi connectivity index (χ1n) is 7.50. The van der Waals surface area contributed by atoms with Crippen molar-refractivity contribution in [3.8, 4) is 11.6 Å². The molecule has 1 amide bonds. The standard InChI is InChI=1S/C18H14N4O2/c23-18-14-3-1-2-4-15(14)21-17(22-18)12-5-7-13(8-6-12)24-16-11-19-9-10-20-16/h1-11,17,21H,(H,22,23). The Bertz CT molecular complexity index is 866. The lowest BCUT2D eigenvalue weighted by Crippen LogP contribution is -2.38. The lowest BCUT2D eigenvalue weighted by atomic mass is 10.1. The molecule has 118 valence electrons. The molecule has 1 unspecified atom stereocenters. The predicted octanol–water partition coefficient (Wildman–Crippen LogP) is 3.12. The third kappa shape index (κ3) is 2.77. The number of rotatable bonds is 3. The minimum atomic E-state index is -0.280. The van der Waals surface area contributed by atoms with Gasteiger partial charge in [0, 0.05) is 18.1 Å². The Hall–Kier alpha value is -3.41. The molecule has 2 heterocycles. The number of amides is 1. The van der Waals surface area contributed by atoms with Gasteiger partial charge >= 0.3 is 0 Å². The molecule has 0 bridgehead atoms. The summed E-state index contributed by atoms with van der Waals surface area (Å²) in [6.45, 7) is 0. The monoisotopic (exact) mass is 318 g/mol. The van der Waals surface area contributed by atoms with E-state index in [9.17, 15) is 4.79 Å². The van der Waals surface area contributed by atoms with Crippen LogP contribution in [0.1, 0.15) is 22.1 Å². The van der Waals surface area contributed by atoms with Crippen LogP contribution in [0.25, 0.3) is 0 Å². The van der Waals surface area contributed by atoms with E-state index in [2.05, 4.69) is 20.6 Å². The number of nitrogens with zero attached hydrogens (tertiary/aromatic N) is 2. The highest BCUT2D eigenvalue weighted by Gasteiger charge is 2.23. The number of fused-ring (bicyclic) bond motifs is 1. The highest BCUT2D eigenvalue weighted by atomic mass is 16.5. The number of para-hydroxylation sites is 1. The summed E-state index contributed by atoms with van der Waals surface area (Å²) in [5.41, 5.74) is 2.41. The zero-order valence-corrected chi connectivity index (χ0v) is 12.6. The molecule has 4 rings (SSSR count). The van der Waals surface area contributed by atoms with Crippen LogP contribution in [0.3, 0.4) is 0 Å². The molecule has 2 N–H and O–H groups in total. The van der Waals surface area contributed by atoms with Gasteiger partial charge in [-0.2, -0.15) is 0 Å². The normalized spacial score (nSPS) is 15.8. The average Bonchev–Trinajstić information content (AvgIpc) is 2.63. The van der Waals surface area contributed by atoms with Crippen LogP contribution in [-0.4, -0.2) is 15.9 Å². The number of ether oxygens (including phenoxy) is 1. The number of aromatic nitrogens is 2. The SMILES string of the molecule is O=C1NC(c2ccc(Oc3cnccn3)cc2)Nc2ccccc21. The van der Waals surface area contributed by atoms with Gasteiger partial charge in [-0.25, -0.2) is 4.98 Å². The predicted molar refractivity (Wildman–Crippen MR) is 88.8 cm³/mol. The summed E-state index contributed by atoms with van der Waals surface area (Å²) in [4.78, 5) is 20.2. The third-order valence-corrected chi connectivity index (χ3v) is 3.72. The second-order valence-corrected chi connectivity index (χ2v) is 5.31. The van der Waals surface area contributed by atoms with Gasteiger partial charge in [0.25, 0.3) is 5.91 Å². The largest absolute Gasteiger partial charge is 0.438 e. The van der Waals surface area contributed by atoms with Crippen LogP contribution in [0.2, 0.25) is 0 Å². The highest BCUT2D eigenvalue weighted by molar-refractivity contribution is 6.01. The molecular weight excluding hydrogens is 304 g/mol. The minimum absolute atomic E-state index is 0.0887. The second kappa shape index (κ2) is 6.00. The van der Waals surface area contributed by atoms with Crippen molar-refractivity contribution in [3.63, 3.8) is 0 Å². The summed E-state index contributed by atoms with van der Waals surface area (Å²) < 4.78 is 5.62. The lowest BCUT2D eigenvalue weighted by Gasteiger charge is -2.28. The molecule has 3 aromatic rings. The van der Waals surface area contributed by atoms with E-state index < -0.39 is 0 Å². The van der Waals surface area contributed by atoms with Gasteiger partial charge in [-0.3, -0.25) is 9.78 Å². The molecule has 0 aliphatic carbocycles. The van der Waals surface area contributed by atoms with Crippen molar-refractivity contribution in [2.45, 2.75) is 6.17 Å². The van der Waals surface area contributed by atoms with E-state index in [1.165, 1.54) is 0 Å². The Balaban J connectivity index is 1.53. The molecule has 0 spiro atoms. The van der Waals surface area contributed by atoms with Crippen LogP contribution in [0.15, 0.2) is 67.1 Å². The summed E-state index contributed by atoms with van der Waals surface area (Å²) in [5.74, 6) is 0.999. The summed E-state index contributed by atoms with van der Waals surface area (Å²) >= 11 is 0. The molecule has 6 nitrogen and oxygen atoms in total. The topological polar surface area (TPSA) is 76.1 Å². The fourth-order valence-corrected chi connectivity index (χ4v) is 2.56. The lowest BCUT2D eigenvalue weighted by molar-refractivity contribution is 0.0935. The first kappa shape index (κ1) is 14.2. The Kier molecular flexibility index (Phi) is 3.55. The summed E-state index contributed by atoms with van der Waals surface area (Å²) in [6, 6.07) is 14.9. The first-order valence-corrected chi connectivity index (χ1v) is 7.50. The molecule has 1 atom stereocenters. The van der Waals surface area contributed by atoms with Gasteiger partial charge in [0.1, 0.15) is 11.9 Å². The molecule has 0 radical (unpaired) electrons. The van der Waals surface area contributed by atoms with E-state index >= 15 is 0 Å². The molecule has 1 aromatic heterocycles. The van der Waals surface area contributed by atoms with Crippen molar-refractivity contribution in [2.75, 3.05) is 5.32 Å². The molecule has 0 saturated carbocycles. The van der Waals surface area contributed by atoms with Crippen LogP contribution >= 0.6 is 0 Å². The second-order valence-electron chi connectivity index (χ2n) is 5.31. The third-order valence-electron chi connectivity index (χ3n) is 3.72. The van der Waals surface area contributed by atoms with Crippen molar-refractivity contribution in [1.82, 2.24) is 15.3 Å². The quantitative estimate of drug-likeness (QED) is 0.776. The van der Waals surface area contributed by atoms with E-state index in [1.807, 2.05) is 42.5 Å². The maximum atomic E-state index is 12.2. The van der Waals surface area contributed by atoms with E-state index in [0.717, 1.165) is 11.3 Å². The zero-order valence-electron chi connectivity index (χ0n) is 12.6. The fourth-order valence-electron chi connectivity index (χ4n) is 2.56. The van der Waals surface area contributed by atoms with Crippen LogP contribution in [-0.2, 0) is 0 Å². The summed E-state index contributed by atoms with van der Waals surface area (Å²) in [6.07, 6.45) is 4.43. The number of anilines is 1. The Labute approximate surface area is 138 Å². The first-order chi connectivity index (χ1) is 11.8. The van der Waals surface area contributed by atoms with Gasteiger partial charge in [0.2, 0.25) is 5.88 Å². The Morgan fingerprint density at radius 2 is 1.79 bits per heavy atom. The molecule has 1 aliphatic rings. The van der Waals surface area contributed by atoms with Gasteiger partial charge < -0.3 is 15.4 Å². The number of benzene rings is 2. The van der Waals surface area contributed by atoms with Crippen LogP contribution in [0.5, 0.6) is 11.6 Å². The van der Waals surface area contributed by atoms with Crippen molar-refractivity contribution >= 4 is 11.6 Å². The fraction of sp³-hybridized carbons (Fsp3) is 0.0556. The Morgan fingerprint density at radius 3 is 2.58 bits per heavy atom. The van der Waals surface area contributed by atoms with Gasteiger partial charge in [0.05, 0.1) is 11.8 Å². The Morgan fingerprint density at radius 1 is 0.958 bits per heavy atom. The number of hydrogen-bond donors (Lipinski definition) is 2. The van der Waals surface area contributed by atoms with Crippen LogP contribution < -0.4 is 15.4 Å².